The van der Waals surface area contributed by atoms with Crippen molar-refractivity contribution in [1.29, 1.82) is 0 Å². The van der Waals surface area contributed by atoms with Gasteiger partial charge in [0.2, 0.25) is 0 Å². The fourth-order valence-corrected chi connectivity index (χ4v) is 5.92. The van der Waals surface area contributed by atoms with Crippen LogP contribution in [0.15, 0.2) is 0 Å². The van der Waals surface area contributed by atoms with Gasteiger partial charge in [0.25, 0.3) is 0 Å². The van der Waals surface area contributed by atoms with Gasteiger partial charge in [0, 0.05) is 6.42 Å². The van der Waals surface area contributed by atoms with Gasteiger partial charge >= 0.3 is 27.3 Å². The molecular weight excluding hydrogens is 410 g/mol. The molecule has 0 amide bonds. The Kier molecular flexibility index (Phi) is 5.10. The number of esters is 2. The van der Waals surface area contributed by atoms with Crippen molar-refractivity contribution in [3.63, 3.8) is 0 Å². The van der Waals surface area contributed by atoms with Crippen LogP contribution in [0.25, 0.3) is 0 Å². The zero-order valence-corrected chi connectivity index (χ0v) is 17.9. The maximum atomic E-state index is 13.9. The van der Waals surface area contributed by atoms with Crippen molar-refractivity contribution in [3.8, 4) is 0 Å². The minimum atomic E-state index is -5.73. The Morgan fingerprint density at radius 1 is 1.10 bits per heavy atom. The second-order valence-electron chi connectivity index (χ2n) is 10.1. The predicted octanol–water partition coefficient (Wildman–Crippen LogP) is 3.33. The van der Waals surface area contributed by atoms with Crippen LogP contribution in [0.2, 0.25) is 0 Å². The smallest absolute Gasteiger partial charge is 0.405 e. The van der Waals surface area contributed by atoms with E-state index in [4.69, 9.17) is 14.0 Å². The van der Waals surface area contributed by atoms with Crippen LogP contribution in [-0.2, 0) is 29.2 Å². The Labute approximate surface area is 169 Å². The van der Waals surface area contributed by atoms with Crippen LogP contribution in [0, 0.1) is 22.7 Å². The normalized spacial score (nSPS) is 35.3. The van der Waals surface area contributed by atoms with E-state index in [0.29, 0.717) is 25.7 Å². The highest BCUT2D eigenvalue weighted by Crippen LogP contribution is 2.63. The van der Waals surface area contributed by atoms with Crippen LogP contribution >= 0.6 is 0 Å². The van der Waals surface area contributed by atoms with Crippen molar-refractivity contribution >= 4 is 22.1 Å². The number of alkyl halides is 2. The molecule has 10 heteroatoms. The molecule has 4 bridgehead atoms. The molecule has 0 aromatic rings. The quantitative estimate of drug-likeness (QED) is 0.518. The molecule has 7 nitrogen and oxygen atoms in total. The minimum absolute atomic E-state index is 0.106. The van der Waals surface area contributed by atoms with E-state index >= 15 is 0 Å². The summed E-state index contributed by atoms with van der Waals surface area (Å²) in [5, 5.41) is -4.61. The average Bonchev–Trinajstić information content (AvgIpc) is 2.50. The standard InChI is InChI=1S/C19H28F2O7S/c1-11(19(20,21)29(24,25)26)27-15(23)17-6-12-5-13(7-17)9-18(8-12,10-17)28-14(22)16(2,3)4/h11-13H,5-10H2,1-4H3,(H,24,25,26). The van der Waals surface area contributed by atoms with Gasteiger partial charge < -0.3 is 9.47 Å². The summed E-state index contributed by atoms with van der Waals surface area (Å²) in [4.78, 5) is 25.4. The second-order valence-corrected chi connectivity index (χ2v) is 11.6. The van der Waals surface area contributed by atoms with Gasteiger partial charge in [-0.2, -0.15) is 17.2 Å². The highest BCUT2D eigenvalue weighted by Gasteiger charge is 2.64. The van der Waals surface area contributed by atoms with Crippen molar-refractivity contribution in [2.75, 3.05) is 0 Å². The third-order valence-electron chi connectivity index (χ3n) is 6.46. The van der Waals surface area contributed by atoms with Crippen LogP contribution in [0.1, 0.15) is 66.2 Å². The largest absolute Gasteiger partial charge is 0.459 e. The van der Waals surface area contributed by atoms with Gasteiger partial charge in [-0.25, -0.2) is 0 Å². The Morgan fingerprint density at radius 2 is 1.62 bits per heavy atom. The minimum Gasteiger partial charge on any atom is -0.459 e. The maximum Gasteiger partial charge on any atom is 0.405 e. The fraction of sp³-hybridized carbons (Fsp3) is 0.895. The van der Waals surface area contributed by atoms with Gasteiger partial charge in [-0.15, -0.1) is 0 Å². The summed E-state index contributed by atoms with van der Waals surface area (Å²) < 4.78 is 69.1. The van der Waals surface area contributed by atoms with E-state index in [1.807, 2.05) is 0 Å². The zero-order chi connectivity index (χ0) is 22.0. The van der Waals surface area contributed by atoms with Gasteiger partial charge in [0.15, 0.2) is 6.10 Å². The Hall–Kier alpha value is -1.29. The number of carbonyl (C=O) groups is 2. The molecule has 166 valence electrons. The van der Waals surface area contributed by atoms with Crippen molar-refractivity contribution < 1.29 is 40.8 Å². The van der Waals surface area contributed by atoms with Crippen LogP contribution in [0.4, 0.5) is 8.78 Å². The highest BCUT2D eigenvalue weighted by molar-refractivity contribution is 7.86. The first kappa shape index (κ1) is 22.4. The van der Waals surface area contributed by atoms with Crippen molar-refractivity contribution in [2.45, 2.75) is 83.2 Å². The first-order valence-electron chi connectivity index (χ1n) is 9.79. The van der Waals surface area contributed by atoms with E-state index in [1.54, 1.807) is 20.8 Å². The number of hydrogen-bond donors (Lipinski definition) is 1. The lowest BCUT2D eigenvalue weighted by atomic mass is 9.48. The van der Waals surface area contributed by atoms with Crippen LogP contribution in [0.3, 0.4) is 0 Å². The molecule has 4 fully saturated rings. The molecule has 0 radical (unpaired) electrons. The van der Waals surface area contributed by atoms with Gasteiger partial charge in [-0.3, -0.25) is 14.1 Å². The maximum absolute atomic E-state index is 13.9. The first-order valence-corrected chi connectivity index (χ1v) is 11.2. The molecule has 0 heterocycles. The number of halogens is 2. The Balaban J connectivity index is 1.83. The predicted molar refractivity (Wildman–Crippen MR) is 97.4 cm³/mol. The molecule has 3 atom stereocenters. The lowest BCUT2D eigenvalue weighted by molar-refractivity contribution is -0.222. The lowest BCUT2D eigenvalue weighted by Gasteiger charge is -2.60. The topological polar surface area (TPSA) is 107 Å². The molecule has 0 saturated heterocycles. The van der Waals surface area contributed by atoms with Crippen molar-refractivity contribution in [1.82, 2.24) is 0 Å². The van der Waals surface area contributed by atoms with Crippen molar-refractivity contribution in [3.05, 3.63) is 0 Å². The molecular formula is C19H28F2O7S. The van der Waals surface area contributed by atoms with Gasteiger partial charge in [0.05, 0.1) is 10.8 Å². The molecule has 0 spiro atoms. The summed E-state index contributed by atoms with van der Waals surface area (Å²) in [6.07, 6.45) is 0.820. The molecule has 0 aromatic heterocycles. The molecule has 3 unspecified atom stereocenters. The number of rotatable bonds is 5. The number of hydrogen-bond acceptors (Lipinski definition) is 6. The number of ether oxygens (including phenoxy) is 2. The summed E-state index contributed by atoms with van der Waals surface area (Å²) in [6, 6.07) is 0. The van der Waals surface area contributed by atoms with Gasteiger partial charge in [0.1, 0.15) is 5.60 Å². The summed E-state index contributed by atoms with van der Waals surface area (Å²) in [5.41, 5.74) is -2.64. The molecule has 4 rings (SSSR count). The fourth-order valence-electron chi connectivity index (χ4n) is 5.45. The van der Waals surface area contributed by atoms with E-state index in [1.165, 1.54) is 0 Å². The van der Waals surface area contributed by atoms with E-state index in [2.05, 4.69) is 0 Å². The number of carbonyl (C=O) groups excluding carboxylic acids is 2. The third kappa shape index (κ3) is 3.89. The van der Waals surface area contributed by atoms with Crippen LogP contribution in [0.5, 0.6) is 0 Å². The monoisotopic (exact) mass is 438 g/mol. The van der Waals surface area contributed by atoms with E-state index < -0.39 is 43.9 Å². The molecule has 0 aromatic carbocycles. The third-order valence-corrected chi connectivity index (χ3v) is 7.48. The molecule has 4 aliphatic carbocycles. The molecule has 1 N–H and O–H groups in total. The SMILES string of the molecule is CC(OC(=O)C12CC3CC(CC(OC(=O)C(C)(C)C)(C3)C1)C2)C(F)(F)S(=O)(=O)O. The van der Waals surface area contributed by atoms with Gasteiger partial charge in [-0.05, 0) is 71.6 Å². The van der Waals surface area contributed by atoms with E-state index in [9.17, 15) is 26.8 Å². The first-order chi connectivity index (χ1) is 13.0. The van der Waals surface area contributed by atoms with E-state index in [-0.39, 0.29) is 24.2 Å². The molecule has 0 aliphatic heterocycles. The van der Waals surface area contributed by atoms with Crippen LogP contribution < -0.4 is 0 Å². The summed E-state index contributed by atoms with van der Waals surface area (Å²) >= 11 is 0. The second kappa shape index (κ2) is 6.60. The molecule has 4 saturated carbocycles. The summed E-state index contributed by atoms with van der Waals surface area (Å²) in [7, 11) is -5.73. The van der Waals surface area contributed by atoms with Crippen molar-refractivity contribution in [2.24, 2.45) is 22.7 Å². The Morgan fingerprint density at radius 3 is 2.07 bits per heavy atom. The average molecular weight is 438 g/mol. The highest BCUT2D eigenvalue weighted by atomic mass is 32.2. The Bertz CT molecular complexity index is 801. The van der Waals surface area contributed by atoms with Gasteiger partial charge in [-0.1, -0.05) is 0 Å². The molecule has 4 aliphatic rings. The lowest BCUT2D eigenvalue weighted by Crippen LogP contribution is -2.61. The summed E-state index contributed by atoms with van der Waals surface area (Å²) in [5.74, 6) is -1.09. The van der Waals surface area contributed by atoms with Crippen LogP contribution in [-0.4, -0.2) is 41.9 Å². The summed E-state index contributed by atoms with van der Waals surface area (Å²) in [6.45, 7) is 5.94. The zero-order valence-electron chi connectivity index (χ0n) is 17.0. The molecule has 29 heavy (non-hydrogen) atoms. The van der Waals surface area contributed by atoms with E-state index in [0.717, 1.165) is 13.3 Å².